The second-order valence-corrected chi connectivity index (χ2v) is 10.6. The van der Waals surface area contributed by atoms with E-state index >= 15 is 0 Å². The van der Waals surface area contributed by atoms with Gasteiger partial charge in [-0.25, -0.2) is 22.0 Å². The molecule has 1 spiro atoms. The number of ether oxygens (including phenoxy) is 1. The summed E-state index contributed by atoms with van der Waals surface area (Å²) in [4.78, 5) is 23.3. The monoisotopic (exact) mass is 447 g/mol. The average molecular weight is 447 g/mol. The minimum atomic E-state index is -4.29. The summed E-state index contributed by atoms with van der Waals surface area (Å²) in [6, 6.07) is 2.57. The van der Waals surface area contributed by atoms with Crippen molar-refractivity contribution in [2.24, 2.45) is 5.41 Å². The van der Waals surface area contributed by atoms with Gasteiger partial charge in [-0.1, -0.05) is 0 Å². The van der Waals surface area contributed by atoms with E-state index in [0.29, 0.717) is 0 Å². The van der Waals surface area contributed by atoms with Crippen LogP contribution in [0.3, 0.4) is 0 Å². The number of carbonyl (C=O) groups excluding carboxylic acids is 1. The first-order valence-electron chi connectivity index (χ1n) is 9.27. The Morgan fingerprint density at radius 1 is 1.23 bits per heavy atom. The lowest BCUT2D eigenvalue weighted by atomic mass is 9.78. The summed E-state index contributed by atoms with van der Waals surface area (Å²) in [5.74, 6) is 0. The number of hydrogen-bond acceptors (Lipinski definition) is 6. The van der Waals surface area contributed by atoms with Crippen molar-refractivity contribution in [3.05, 3.63) is 34.4 Å². The molecule has 0 saturated carbocycles. The molecular weight excluding hydrogens is 424 g/mol. The molecule has 1 atom stereocenters. The Labute approximate surface area is 172 Å². The molecule has 2 fully saturated rings. The summed E-state index contributed by atoms with van der Waals surface area (Å²) in [5.41, 5.74) is -1.78. The number of carbonyl (C=O) groups is 1. The molecule has 0 aromatic heterocycles. The molecule has 1 amide bonds. The second-order valence-electron chi connectivity index (χ2n) is 8.74. The standard InChI is InChI=1S/C18H23F2N3O6S/c1-17(2,3)29-16(24)21-9-18(10-21)8-14(15(19)20)22(11-18)30(27,28)13-6-4-12(5-7-13)23(25)26/h4-7,14-15H,8-11H2,1-3H3. The smallest absolute Gasteiger partial charge is 0.410 e. The zero-order valence-corrected chi connectivity index (χ0v) is 17.6. The van der Waals surface area contributed by atoms with Gasteiger partial charge in [-0.3, -0.25) is 10.1 Å². The largest absolute Gasteiger partial charge is 0.444 e. The number of amides is 1. The number of nitrogens with zero attached hydrogens (tertiary/aromatic N) is 3. The van der Waals surface area contributed by atoms with Crippen molar-refractivity contribution in [1.29, 1.82) is 0 Å². The number of nitro groups is 1. The van der Waals surface area contributed by atoms with E-state index in [-0.39, 0.29) is 36.6 Å². The summed E-state index contributed by atoms with van der Waals surface area (Å²) in [7, 11) is -4.29. The summed E-state index contributed by atoms with van der Waals surface area (Å²) in [6.45, 7) is 5.21. The lowest BCUT2D eigenvalue weighted by Gasteiger charge is -2.47. The van der Waals surface area contributed by atoms with Gasteiger partial charge in [0.05, 0.1) is 15.9 Å². The number of sulfonamides is 1. The minimum Gasteiger partial charge on any atom is -0.444 e. The first kappa shape index (κ1) is 22.3. The van der Waals surface area contributed by atoms with Crippen molar-refractivity contribution < 1.29 is 31.7 Å². The lowest BCUT2D eigenvalue weighted by Crippen LogP contribution is -2.60. The van der Waals surface area contributed by atoms with Gasteiger partial charge in [-0.15, -0.1) is 0 Å². The summed E-state index contributed by atoms with van der Waals surface area (Å²) in [5, 5.41) is 10.8. The molecule has 0 radical (unpaired) electrons. The molecule has 2 heterocycles. The van der Waals surface area contributed by atoms with Crippen LogP contribution in [-0.2, 0) is 14.8 Å². The van der Waals surface area contributed by atoms with E-state index in [1.165, 1.54) is 4.90 Å². The number of benzene rings is 1. The Kier molecular flexibility index (Phi) is 5.52. The van der Waals surface area contributed by atoms with Crippen molar-refractivity contribution in [3.63, 3.8) is 0 Å². The minimum absolute atomic E-state index is 0.0871. The molecule has 1 aromatic carbocycles. The van der Waals surface area contributed by atoms with Gasteiger partial charge in [0, 0.05) is 37.2 Å². The topological polar surface area (TPSA) is 110 Å². The van der Waals surface area contributed by atoms with Crippen LogP contribution in [0.1, 0.15) is 27.2 Å². The van der Waals surface area contributed by atoms with Crippen LogP contribution in [0, 0.1) is 15.5 Å². The SMILES string of the molecule is CC(C)(C)OC(=O)N1CC2(CC(C(F)F)N(S(=O)(=O)c3ccc([N+](=O)[O-])cc3)C2)C1. The Balaban J connectivity index is 1.78. The third kappa shape index (κ3) is 4.24. The lowest BCUT2D eigenvalue weighted by molar-refractivity contribution is -0.384. The van der Waals surface area contributed by atoms with E-state index in [9.17, 15) is 32.1 Å². The van der Waals surface area contributed by atoms with Crippen LogP contribution in [0.15, 0.2) is 29.2 Å². The maximum Gasteiger partial charge on any atom is 0.410 e. The Morgan fingerprint density at radius 2 is 1.80 bits per heavy atom. The van der Waals surface area contributed by atoms with Gasteiger partial charge in [0.15, 0.2) is 0 Å². The van der Waals surface area contributed by atoms with Gasteiger partial charge >= 0.3 is 6.09 Å². The van der Waals surface area contributed by atoms with Crippen molar-refractivity contribution in [2.45, 2.75) is 50.2 Å². The number of likely N-dealkylation sites (tertiary alicyclic amines) is 1. The fourth-order valence-corrected chi connectivity index (χ4v) is 5.58. The van der Waals surface area contributed by atoms with Crippen LogP contribution in [-0.4, -0.2) is 66.3 Å². The number of non-ortho nitro benzene ring substituents is 1. The molecule has 1 unspecified atom stereocenters. The molecule has 2 aliphatic rings. The molecule has 0 bridgehead atoms. The van der Waals surface area contributed by atoms with Crippen LogP contribution in [0.2, 0.25) is 0 Å². The molecule has 2 saturated heterocycles. The van der Waals surface area contributed by atoms with Crippen molar-refractivity contribution in [2.75, 3.05) is 19.6 Å². The molecule has 0 N–H and O–H groups in total. The third-order valence-corrected chi connectivity index (χ3v) is 7.04. The maximum atomic E-state index is 13.7. The fourth-order valence-electron chi connectivity index (χ4n) is 3.86. The Bertz CT molecular complexity index is 940. The zero-order chi connectivity index (χ0) is 22.5. The maximum absolute atomic E-state index is 13.7. The highest BCUT2D eigenvalue weighted by Gasteiger charge is 2.58. The van der Waals surface area contributed by atoms with E-state index in [2.05, 4.69) is 0 Å². The number of alkyl halides is 2. The summed E-state index contributed by atoms with van der Waals surface area (Å²) in [6.07, 6.45) is -3.57. The highest BCUT2D eigenvalue weighted by atomic mass is 32.2. The highest BCUT2D eigenvalue weighted by molar-refractivity contribution is 7.89. The van der Waals surface area contributed by atoms with Crippen LogP contribution in [0.5, 0.6) is 0 Å². The molecule has 3 rings (SSSR count). The van der Waals surface area contributed by atoms with Gasteiger partial charge in [-0.05, 0) is 39.3 Å². The zero-order valence-electron chi connectivity index (χ0n) is 16.7. The van der Waals surface area contributed by atoms with Crippen LogP contribution < -0.4 is 0 Å². The normalized spacial score (nSPS) is 21.7. The van der Waals surface area contributed by atoms with E-state index in [0.717, 1.165) is 28.6 Å². The number of hydrogen-bond donors (Lipinski definition) is 0. The third-order valence-electron chi connectivity index (χ3n) is 5.15. The van der Waals surface area contributed by atoms with E-state index < -0.39 is 44.5 Å². The quantitative estimate of drug-likeness (QED) is 0.519. The fraction of sp³-hybridized carbons (Fsp3) is 0.611. The predicted molar refractivity (Wildman–Crippen MR) is 102 cm³/mol. The first-order chi connectivity index (χ1) is 13.7. The number of halogens is 2. The first-order valence-corrected chi connectivity index (χ1v) is 10.7. The van der Waals surface area contributed by atoms with Gasteiger partial charge in [0.25, 0.3) is 12.1 Å². The van der Waals surface area contributed by atoms with Gasteiger partial charge < -0.3 is 9.64 Å². The summed E-state index contributed by atoms with van der Waals surface area (Å²) >= 11 is 0. The highest BCUT2D eigenvalue weighted by Crippen LogP contribution is 2.46. The molecule has 9 nitrogen and oxygen atoms in total. The van der Waals surface area contributed by atoms with Gasteiger partial charge in [0.1, 0.15) is 5.60 Å². The van der Waals surface area contributed by atoms with Crippen LogP contribution in [0.25, 0.3) is 0 Å². The van der Waals surface area contributed by atoms with Crippen molar-refractivity contribution >= 4 is 21.8 Å². The number of nitro benzene ring substituents is 1. The van der Waals surface area contributed by atoms with E-state index in [4.69, 9.17) is 4.74 Å². The van der Waals surface area contributed by atoms with Crippen LogP contribution in [0.4, 0.5) is 19.3 Å². The second kappa shape index (κ2) is 7.41. The van der Waals surface area contributed by atoms with Crippen LogP contribution >= 0.6 is 0 Å². The molecule has 0 aliphatic carbocycles. The Morgan fingerprint density at radius 3 is 2.27 bits per heavy atom. The molecule has 2 aliphatic heterocycles. The molecule has 1 aromatic rings. The number of rotatable bonds is 4. The average Bonchev–Trinajstić information content (AvgIpc) is 3.01. The van der Waals surface area contributed by atoms with E-state index in [1.807, 2.05) is 0 Å². The molecular formula is C18H23F2N3O6S. The van der Waals surface area contributed by atoms with E-state index in [1.54, 1.807) is 20.8 Å². The molecule has 166 valence electrons. The van der Waals surface area contributed by atoms with Crippen molar-refractivity contribution in [1.82, 2.24) is 9.21 Å². The van der Waals surface area contributed by atoms with Gasteiger partial charge in [-0.2, -0.15) is 4.31 Å². The summed E-state index contributed by atoms with van der Waals surface area (Å²) < 4.78 is 59.4. The van der Waals surface area contributed by atoms with Gasteiger partial charge in [0.2, 0.25) is 10.0 Å². The molecule has 30 heavy (non-hydrogen) atoms. The predicted octanol–water partition coefficient (Wildman–Crippen LogP) is 2.86. The van der Waals surface area contributed by atoms with Crippen molar-refractivity contribution in [3.8, 4) is 0 Å². The Hall–Kier alpha value is -2.34. The molecule has 12 heteroatoms.